The molecule has 4 aliphatic carbocycles. The molecule has 0 aromatic rings. The van der Waals surface area contributed by atoms with Crippen LogP contribution in [-0.2, 0) is 4.79 Å². The van der Waals surface area contributed by atoms with Crippen LogP contribution in [0.15, 0.2) is 11.6 Å². The molecule has 4 aliphatic rings. The van der Waals surface area contributed by atoms with E-state index in [1.54, 1.807) is 0 Å². The molecule has 3 heteroatoms. The van der Waals surface area contributed by atoms with E-state index in [2.05, 4.69) is 31.8 Å². The van der Waals surface area contributed by atoms with Gasteiger partial charge >= 0.3 is 0 Å². The summed E-state index contributed by atoms with van der Waals surface area (Å²) >= 11 is 5.77. The number of rotatable bonds is 1. The molecule has 0 saturated heterocycles. The second-order valence-corrected chi connectivity index (χ2v) is 9.95. The minimum absolute atomic E-state index is 0.111. The van der Waals surface area contributed by atoms with Gasteiger partial charge in [0.25, 0.3) is 0 Å². The molecule has 0 spiro atoms. The van der Waals surface area contributed by atoms with E-state index in [4.69, 9.17) is 11.6 Å². The van der Waals surface area contributed by atoms with Crippen LogP contribution in [0.5, 0.6) is 0 Å². The summed E-state index contributed by atoms with van der Waals surface area (Å²) in [5.74, 6) is 9.11. The smallest absolute Gasteiger partial charge is 0.136 e. The molecule has 3 fully saturated rings. The Morgan fingerprint density at radius 2 is 2.00 bits per heavy atom. The molecular formula is C23H31ClO2. The van der Waals surface area contributed by atoms with Crippen LogP contribution in [0.3, 0.4) is 0 Å². The summed E-state index contributed by atoms with van der Waals surface area (Å²) in [5.41, 5.74) is 0.638. The van der Waals surface area contributed by atoms with Crippen molar-refractivity contribution in [2.75, 3.05) is 5.88 Å². The largest absolute Gasteiger partial charge is 0.377 e. The summed E-state index contributed by atoms with van der Waals surface area (Å²) in [6.07, 6.45) is 10.6. The van der Waals surface area contributed by atoms with Gasteiger partial charge in [0.15, 0.2) is 0 Å². The highest BCUT2D eigenvalue weighted by molar-refractivity contribution is 6.18. The fraction of sp³-hybridized carbons (Fsp3) is 0.783. The van der Waals surface area contributed by atoms with Gasteiger partial charge < -0.3 is 5.11 Å². The summed E-state index contributed by atoms with van der Waals surface area (Å²) < 4.78 is 0. The maximum atomic E-state index is 12.0. The Kier molecular flexibility index (Phi) is 4.56. The highest BCUT2D eigenvalue weighted by atomic mass is 35.5. The number of hydrogen-bond acceptors (Lipinski definition) is 2. The van der Waals surface area contributed by atoms with Crippen molar-refractivity contribution in [3.8, 4) is 11.8 Å². The first-order chi connectivity index (χ1) is 12.3. The van der Waals surface area contributed by atoms with Crippen molar-refractivity contribution < 1.29 is 9.90 Å². The Labute approximate surface area is 162 Å². The first kappa shape index (κ1) is 18.6. The first-order valence-corrected chi connectivity index (χ1v) is 10.9. The predicted octanol–water partition coefficient (Wildman–Crippen LogP) is 4.88. The second kappa shape index (κ2) is 6.39. The number of Topliss-reactive ketones (excluding diaryl/α,β-unsaturated/α-hetero) is 1. The standard InChI is InChI=1S/C23H31ClO2/c1-21-11-7-17(25)15-16(21)5-6-18-19(21)8-12-22(2)20(18)9-13-23(22,26)10-3-4-14-24/h5,18-20,26H,4,6-9,11-15H2,1-2H3/t18?,19?,20?,21-,22-,23?/m0/s1. The molecule has 26 heavy (non-hydrogen) atoms. The van der Waals surface area contributed by atoms with Crippen LogP contribution < -0.4 is 0 Å². The Bertz CT molecular complexity index is 701. The van der Waals surface area contributed by atoms with Crippen LogP contribution in [0.4, 0.5) is 0 Å². The van der Waals surface area contributed by atoms with E-state index >= 15 is 0 Å². The van der Waals surface area contributed by atoms with Crippen molar-refractivity contribution in [1.29, 1.82) is 0 Å². The SMILES string of the molecule is C[C@]12CCC(=O)CC1=CCC1C2CC[C@@]2(C)C1CCC2(O)C#CCCCl. The van der Waals surface area contributed by atoms with Gasteiger partial charge in [0.05, 0.1) is 0 Å². The third-order valence-electron chi connectivity index (χ3n) is 8.60. The fourth-order valence-electron chi connectivity index (χ4n) is 6.95. The number of halogens is 1. The number of carbonyl (C=O) groups excluding carboxylic acids is 1. The van der Waals surface area contributed by atoms with Gasteiger partial charge in [-0.3, -0.25) is 4.79 Å². The highest BCUT2D eigenvalue weighted by Crippen LogP contribution is 2.66. The van der Waals surface area contributed by atoms with Gasteiger partial charge in [0.2, 0.25) is 0 Å². The van der Waals surface area contributed by atoms with Gasteiger partial charge in [-0.05, 0) is 61.7 Å². The van der Waals surface area contributed by atoms with Crippen molar-refractivity contribution in [2.24, 2.45) is 28.6 Å². The van der Waals surface area contributed by atoms with E-state index < -0.39 is 5.60 Å². The second-order valence-electron chi connectivity index (χ2n) is 9.57. The van der Waals surface area contributed by atoms with E-state index in [9.17, 15) is 9.90 Å². The molecule has 0 heterocycles. The molecule has 0 radical (unpaired) electrons. The lowest BCUT2D eigenvalue weighted by atomic mass is 9.47. The molecule has 4 unspecified atom stereocenters. The van der Waals surface area contributed by atoms with Crippen molar-refractivity contribution >= 4 is 17.4 Å². The fourth-order valence-corrected chi connectivity index (χ4v) is 7.05. The van der Waals surface area contributed by atoms with Gasteiger partial charge in [0, 0.05) is 30.6 Å². The van der Waals surface area contributed by atoms with Gasteiger partial charge in [-0.15, -0.1) is 11.6 Å². The lowest BCUT2D eigenvalue weighted by molar-refractivity contribution is -0.123. The summed E-state index contributed by atoms with van der Waals surface area (Å²) in [4.78, 5) is 12.0. The monoisotopic (exact) mass is 374 g/mol. The summed E-state index contributed by atoms with van der Waals surface area (Å²) in [7, 11) is 0. The Morgan fingerprint density at radius 1 is 1.23 bits per heavy atom. The average molecular weight is 375 g/mol. The number of ketones is 1. The molecule has 2 nitrogen and oxygen atoms in total. The summed E-state index contributed by atoms with van der Waals surface area (Å²) in [6, 6.07) is 0. The molecule has 6 atom stereocenters. The molecule has 0 aromatic heterocycles. The van der Waals surface area contributed by atoms with E-state index in [1.807, 2.05) is 0 Å². The summed E-state index contributed by atoms with van der Waals surface area (Å²) in [6.45, 7) is 4.69. The zero-order valence-corrected chi connectivity index (χ0v) is 16.9. The lowest BCUT2D eigenvalue weighted by Gasteiger charge is -2.57. The summed E-state index contributed by atoms with van der Waals surface area (Å²) in [5, 5.41) is 11.4. The average Bonchev–Trinajstić information content (AvgIpc) is 2.87. The van der Waals surface area contributed by atoms with Crippen LogP contribution in [0.2, 0.25) is 0 Å². The minimum atomic E-state index is -0.859. The lowest BCUT2D eigenvalue weighted by Crippen LogP contribution is -2.54. The maximum absolute atomic E-state index is 12.0. The Hall–Kier alpha value is -0.780. The van der Waals surface area contributed by atoms with Gasteiger partial charge in [-0.1, -0.05) is 37.3 Å². The first-order valence-electron chi connectivity index (χ1n) is 10.3. The molecule has 142 valence electrons. The molecule has 3 saturated carbocycles. The van der Waals surface area contributed by atoms with Crippen molar-refractivity contribution in [2.45, 2.75) is 77.2 Å². The van der Waals surface area contributed by atoms with E-state index in [-0.39, 0.29) is 10.8 Å². The quantitative estimate of drug-likeness (QED) is 0.403. The van der Waals surface area contributed by atoms with Gasteiger partial charge in [-0.2, -0.15) is 0 Å². The van der Waals surface area contributed by atoms with Crippen LogP contribution in [0, 0.1) is 40.4 Å². The number of alkyl halides is 1. The third kappa shape index (κ3) is 2.54. The van der Waals surface area contributed by atoms with Crippen LogP contribution in [0.1, 0.15) is 71.6 Å². The number of allylic oxidation sites excluding steroid dienone is 2. The zero-order valence-electron chi connectivity index (χ0n) is 16.1. The van der Waals surface area contributed by atoms with Crippen LogP contribution >= 0.6 is 11.6 Å². The molecule has 0 aliphatic heterocycles. The molecule has 0 bridgehead atoms. The molecule has 0 amide bonds. The van der Waals surface area contributed by atoms with E-state index in [0.717, 1.165) is 44.9 Å². The van der Waals surface area contributed by atoms with Gasteiger partial charge in [0.1, 0.15) is 11.4 Å². The Balaban J connectivity index is 1.64. The van der Waals surface area contributed by atoms with E-state index in [1.165, 1.54) is 5.57 Å². The number of aliphatic hydroxyl groups is 1. The minimum Gasteiger partial charge on any atom is -0.377 e. The molecule has 4 rings (SSSR count). The number of fused-ring (bicyclic) bond motifs is 5. The van der Waals surface area contributed by atoms with E-state index in [0.29, 0.717) is 42.3 Å². The van der Waals surface area contributed by atoms with Crippen molar-refractivity contribution in [1.82, 2.24) is 0 Å². The molecule has 1 N–H and O–H groups in total. The normalized spacial score (nSPS) is 47.2. The highest BCUT2D eigenvalue weighted by Gasteiger charge is 2.63. The van der Waals surface area contributed by atoms with Crippen molar-refractivity contribution in [3.63, 3.8) is 0 Å². The molecular weight excluding hydrogens is 344 g/mol. The van der Waals surface area contributed by atoms with Crippen LogP contribution in [-0.4, -0.2) is 22.4 Å². The third-order valence-corrected chi connectivity index (χ3v) is 8.79. The van der Waals surface area contributed by atoms with Gasteiger partial charge in [-0.25, -0.2) is 0 Å². The topological polar surface area (TPSA) is 37.3 Å². The Morgan fingerprint density at radius 3 is 2.77 bits per heavy atom. The number of hydrogen-bond donors (Lipinski definition) is 1. The van der Waals surface area contributed by atoms with Crippen LogP contribution in [0.25, 0.3) is 0 Å². The predicted molar refractivity (Wildman–Crippen MR) is 105 cm³/mol. The number of carbonyl (C=O) groups is 1. The molecule has 0 aromatic carbocycles. The zero-order chi connectivity index (χ0) is 18.6. The van der Waals surface area contributed by atoms with Crippen molar-refractivity contribution in [3.05, 3.63) is 11.6 Å². The maximum Gasteiger partial charge on any atom is 0.136 e.